The van der Waals surface area contributed by atoms with E-state index >= 15 is 0 Å². The van der Waals surface area contributed by atoms with Crippen molar-refractivity contribution < 1.29 is 25.9 Å². The molecule has 2 saturated heterocycles. The van der Waals surface area contributed by atoms with E-state index < -0.39 is 25.4 Å². The second-order valence-electron chi connectivity index (χ2n) is 5.87. The fraction of sp³-hybridized carbons (Fsp3) is 0.353. The Labute approximate surface area is 150 Å². The van der Waals surface area contributed by atoms with Gasteiger partial charge in [-0.3, -0.25) is 4.79 Å². The van der Waals surface area contributed by atoms with Crippen molar-refractivity contribution in [2.24, 2.45) is 5.73 Å². The number of nitrogens with zero attached hydrogens (tertiary/aromatic N) is 2. The number of anilines is 1. The highest BCUT2D eigenvalue weighted by Crippen LogP contribution is 2.33. The SMILES string of the molecule is [2H]C([2H])([2H])C([2H])([2H])Oc1cc2c(N3C[C@@H]4OC(=O)N[C@@H]4C3)nccc2cc1C(N)=O. The number of alkyl carbamates (subject to hydrolysis) is 1. The van der Waals surface area contributed by atoms with Gasteiger partial charge in [0.15, 0.2) is 0 Å². The lowest BCUT2D eigenvalue weighted by Gasteiger charge is -2.20. The first-order chi connectivity index (χ1) is 14.0. The molecule has 2 amide bonds. The van der Waals surface area contributed by atoms with E-state index in [0.717, 1.165) is 0 Å². The van der Waals surface area contributed by atoms with Crippen LogP contribution in [0.2, 0.25) is 0 Å². The molecule has 2 fully saturated rings. The smallest absolute Gasteiger partial charge is 0.407 e. The maximum Gasteiger partial charge on any atom is 0.407 e. The molecule has 0 unspecified atom stereocenters. The summed E-state index contributed by atoms with van der Waals surface area (Å²) in [5.41, 5.74) is 5.25. The van der Waals surface area contributed by atoms with E-state index in [0.29, 0.717) is 29.7 Å². The first-order valence-corrected chi connectivity index (χ1v) is 7.60. The monoisotopic (exact) mass is 347 g/mol. The molecule has 8 nitrogen and oxygen atoms in total. The van der Waals surface area contributed by atoms with Crippen molar-refractivity contribution in [3.05, 3.63) is 30.0 Å². The maximum absolute atomic E-state index is 11.9. The van der Waals surface area contributed by atoms with Crippen molar-refractivity contribution in [1.82, 2.24) is 10.3 Å². The molecule has 3 N–H and O–H groups in total. The number of aromatic nitrogens is 1. The Morgan fingerprint density at radius 3 is 3.24 bits per heavy atom. The Hall–Kier alpha value is -3.03. The number of hydrogen-bond donors (Lipinski definition) is 2. The molecule has 0 saturated carbocycles. The summed E-state index contributed by atoms with van der Waals surface area (Å²) in [5.74, 6) is -0.692. The van der Waals surface area contributed by atoms with Crippen LogP contribution < -0.4 is 20.7 Å². The minimum Gasteiger partial charge on any atom is -0.493 e. The van der Waals surface area contributed by atoms with Gasteiger partial charge in [-0.05, 0) is 30.4 Å². The molecule has 2 aromatic rings. The number of ether oxygens (including phenoxy) is 2. The Kier molecular flexibility index (Phi) is 2.50. The summed E-state index contributed by atoms with van der Waals surface area (Å²) in [6.07, 6.45) is 0.738. The predicted molar refractivity (Wildman–Crippen MR) is 90.8 cm³/mol. The minimum atomic E-state index is -3.09. The quantitative estimate of drug-likeness (QED) is 0.855. The third kappa shape index (κ3) is 2.59. The van der Waals surface area contributed by atoms with Gasteiger partial charge in [0.1, 0.15) is 17.7 Å². The average Bonchev–Trinajstić information content (AvgIpc) is 3.16. The highest BCUT2D eigenvalue weighted by molar-refractivity contribution is 6.03. The molecule has 1 aromatic carbocycles. The molecule has 130 valence electrons. The first kappa shape index (κ1) is 10.8. The molecule has 0 radical (unpaired) electrons. The van der Waals surface area contributed by atoms with E-state index in [9.17, 15) is 9.59 Å². The average molecular weight is 347 g/mol. The van der Waals surface area contributed by atoms with Gasteiger partial charge in [0, 0.05) is 22.2 Å². The number of amides is 2. The fourth-order valence-electron chi connectivity index (χ4n) is 3.30. The van der Waals surface area contributed by atoms with E-state index in [1.807, 2.05) is 4.90 Å². The van der Waals surface area contributed by atoms with Crippen molar-refractivity contribution in [1.29, 1.82) is 0 Å². The molecule has 1 aromatic heterocycles. The summed E-state index contributed by atoms with van der Waals surface area (Å²) in [5, 5.41) is 3.80. The van der Waals surface area contributed by atoms with Crippen molar-refractivity contribution in [2.75, 3.05) is 24.5 Å². The Morgan fingerprint density at radius 1 is 1.60 bits per heavy atom. The van der Waals surface area contributed by atoms with Crippen molar-refractivity contribution in [3.63, 3.8) is 0 Å². The van der Waals surface area contributed by atoms with Gasteiger partial charge in [-0.1, -0.05) is 0 Å². The van der Waals surface area contributed by atoms with Gasteiger partial charge in [0.2, 0.25) is 0 Å². The topological polar surface area (TPSA) is 107 Å². The second-order valence-corrected chi connectivity index (χ2v) is 5.87. The van der Waals surface area contributed by atoms with E-state index in [-0.39, 0.29) is 23.5 Å². The summed E-state index contributed by atoms with van der Waals surface area (Å²) < 4.78 is 47.8. The van der Waals surface area contributed by atoms with Crippen LogP contribution in [0.25, 0.3) is 10.8 Å². The van der Waals surface area contributed by atoms with Gasteiger partial charge in [0.25, 0.3) is 5.91 Å². The number of pyridine rings is 1. The Balaban J connectivity index is 1.77. The van der Waals surface area contributed by atoms with Gasteiger partial charge in [-0.25, -0.2) is 9.78 Å². The van der Waals surface area contributed by atoms with Gasteiger partial charge < -0.3 is 25.4 Å². The predicted octanol–water partition coefficient (Wildman–Crippen LogP) is 1.03. The van der Waals surface area contributed by atoms with E-state index in [2.05, 4.69) is 10.3 Å². The van der Waals surface area contributed by atoms with Gasteiger partial charge in [-0.15, -0.1) is 0 Å². The molecule has 0 spiro atoms. The van der Waals surface area contributed by atoms with E-state index in [4.69, 9.17) is 22.1 Å². The number of hydrogen-bond acceptors (Lipinski definition) is 6. The summed E-state index contributed by atoms with van der Waals surface area (Å²) >= 11 is 0. The molecule has 4 rings (SSSR count). The zero-order valence-corrected chi connectivity index (χ0v) is 13.0. The molecule has 25 heavy (non-hydrogen) atoms. The van der Waals surface area contributed by atoms with Crippen LogP contribution >= 0.6 is 0 Å². The molecular weight excluding hydrogens is 324 g/mol. The highest BCUT2D eigenvalue weighted by atomic mass is 16.6. The number of nitrogens with one attached hydrogen (secondary N) is 1. The molecule has 2 aliphatic heterocycles. The van der Waals surface area contributed by atoms with Crippen LogP contribution in [0.5, 0.6) is 5.75 Å². The number of carbonyl (C=O) groups is 2. The summed E-state index contributed by atoms with van der Waals surface area (Å²) in [6.45, 7) is -5.31. The van der Waals surface area contributed by atoms with Gasteiger partial charge in [-0.2, -0.15) is 0 Å². The molecular formula is C17H18N4O4. The summed E-state index contributed by atoms with van der Waals surface area (Å²) in [6, 6.07) is 4.21. The number of carbonyl (C=O) groups excluding carboxylic acids is 2. The largest absolute Gasteiger partial charge is 0.493 e. The molecule has 0 bridgehead atoms. The lowest BCUT2D eigenvalue weighted by molar-refractivity contribution is 0.0996. The third-order valence-electron chi connectivity index (χ3n) is 4.40. The van der Waals surface area contributed by atoms with Crippen LogP contribution in [0.15, 0.2) is 24.4 Å². The van der Waals surface area contributed by atoms with Crippen LogP contribution in [-0.4, -0.2) is 48.8 Å². The fourth-order valence-corrected chi connectivity index (χ4v) is 3.30. The molecule has 2 atom stereocenters. The Bertz CT molecular complexity index is 1030. The molecule has 0 aliphatic carbocycles. The summed E-state index contributed by atoms with van der Waals surface area (Å²) in [7, 11) is 0. The third-order valence-corrected chi connectivity index (χ3v) is 4.40. The van der Waals surface area contributed by atoms with Crippen LogP contribution in [0.4, 0.5) is 10.6 Å². The zero-order valence-electron chi connectivity index (χ0n) is 18.0. The minimum absolute atomic E-state index is 0.151. The summed E-state index contributed by atoms with van der Waals surface area (Å²) in [4.78, 5) is 29.5. The van der Waals surface area contributed by atoms with Crippen molar-refractivity contribution >= 4 is 28.6 Å². The lowest BCUT2D eigenvalue weighted by atomic mass is 10.1. The van der Waals surface area contributed by atoms with Gasteiger partial charge >= 0.3 is 6.09 Å². The lowest BCUT2D eigenvalue weighted by Crippen LogP contribution is -2.32. The zero-order chi connectivity index (χ0) is 21.8. The Morgan fingerprint density at radius 2 is 2.48 bits per heavy atom. The van der Waals surface area contributed by atoms with Crippen LogP contribution in [0.1, 0.15) is 24.1 Å². The number of primary amides is 1. The standard InChI is InChI=1S/C17H18N4O4/c1-2-24-13-6-10-9(5-11(13)15(18)22)3-4-19-16(10)21-7-12-14(8-21)25-17(23)20-12/h3-6,12,14H,2,7-8H2,1H3,(H2,18,22)(H,20,23)/t12-,14+/m1/s1/i1D3,2D2. The number of nitrogens with two attached hydrogens (primary N) is 1. The van der Waals surface area contributed by atoms with Crippen LogP contribution in [0.3, 0.4) is 0 Å². The molecule has 3 heterocycles. The van der Waals surface area contributed by atoms with Crippen molar-refractivity contribution in [3.8, 4) is 5.75 Å². The second kappa shape index (κ2) is 5.80. The number of rotatable bonds is 4. The van der Waals surface area contributed by atoms with E-state index in [1.54, 1.807) is 6.07 Å². The van der Waals surface area contributed by atoms with Gasteiger partial charge in [0.05, 0.1) is 27.5 Å². The van der Waals surface area contributed by atoms with E-state index in [1.165, 1.54) is 18.3 Å². The van der Waals surface area contributed by atoms with Crippen LogP contribution in [-0.2, 0) is 4.74 Å². The molecule has 2 aliphatic rings. The maximum atomic E-state index is 11.9. The van der Waals surface area contributed by atoms with Crippen LogP contribution in [0, 0.1) is 0 Å². The number of fused-ring (bicyclic) bond motifs is 2. The first-order valence-electron chi connectivity index (χ1n) is 10.1. The van der Waals surface area contributed by atoms with Crippen molar-refractivity contribution in [2.45, 2.75) is 19.0 Å². The normalized spacial score (nSPS) is 25.8. The molecule has 8 heteroatoms. The highest BCUT2D eigenvalue weighted by Gasteiger charge is 2.42. The number of benzene rings is 1.